The summed E-state index contributed by atoms with van der Waals surface area (Å²) in [6.07, 6.45) is 5.13. The maximum Gasteiger partial charge on any atom is 0.240 e. The van der Waals surface area contributed by atoms with Crippen LogP contribution >= 0.6 is 0 Å². The minimum absolute atomic E-state index is 0.0446. The molecule has 0 aliphatic carbocycles. The van der Waals surface area contributed by atoms with Crippen molar-refractivity contribution in [1.29, 1.82) is 5.26 Å². The lowest BCUT2D eigenvalue weighted by Crippen LogP contribution is -2.02. The predicted molar refractivity (Wildman–Crippen MR) is 88.5 cm³/mol. The number of phenols is 1. The highest BCUT2D eigenvalue weighted by Gasteiger charge is 2.10. The van der Waals surface area contributed by atoms with Crippen molar-refractivity contribution in [3.05, 3.63) is 53.7 Å². The van der Waals surface area contributed by atoms with Gasteiger partial charge in [-0.15, -0.1) is 0 Å². The fraction of sp³-hybridized carbons (Fsp3) is 0.0588. The fourth-order valence-corrected chi connectivity index (χ4v) is 2.06. The van der Waals surface area contributed by atoms with Crippen molar-refractivity contribution in [2.24, 2.45) is 0 Å². The van der Waals surface area contributed by atoms with Crippen molar-refractivity contribution >= 4 is 18.1 Å². The van der Waals surface area contributed by atoms with Crippen molar-refractivity contribution in [2.45, 2.75) is 6.92 Å². The number of nitrogens with zero attached hydrogens (tertiary/aromatic N) is 4. The molecule has 7 heteroatoms. The molecule has 0 atom stereocenters. The number of furan rings is 1. The van der Waals surface area contributed by atoms with Crippen molar-refractivity contribution in [1.82, 2.24) is 15.0 Å². The second kappa shape index (κ2) is 6.62. The lowest BCUT2D eigenvalue weighted by molar-refractivity contribution is 0.477. The normalized spacial score (nSPS) is 10.7. The Kier molecular flexibility index (Phi) is 4.21. The number of aromatic nitrogens is 3. The summed E-state index contributed by atoms with van der Waals surface area (Å²) in [6.45, 7) is 1.85. The van der Waals surface area contributed by atoms with Gasteiger partial charge in [0.15, 0.2) is 17.8 Å². The highest BCUT2D eigenvalue weighted by Crippen LogP contribution is 2.26. The van der Waals surface area contributed by atoms with Gasteiger partial charge in [-0.3, -0.25) is 5.32 Å². The molecule has 0 aliphatic rings. The first-order valence-corrected chi connectivity index (χ1v) is 7.10. The van der Waals surface area contributed by atoms with E-state index in [1.54, 1.807) is 36.5 Å². The fourth-order valence-electron chi connectivity index (χ4n) is 2.06. The van der Waals surface area contributed by atoms with Gasteiger partial charge in [-0.25, -0.2) is 4.98 Å². The molecule has 0 radical (unpaired) electrons. The average Bonchev–Trinajstić information content (AvgIpc) is 2.99. The van der Waals surface area contributed by atoms with Gasteiger partial charge in [0.05, 0.1) is 5.56 Å². The summed E-state index contributed by atoms with van der Waals surface area (Å²) in [6, 6.07) is 10.4. The zero-order chi connectivity index (χ0) is 16.9. The van der Waals surface area contributed by atoms with E-state index in [9.17, 15) is 5.11 Å². The van der Waals surface area contributed by atoms with E-state index in [1.807, 2.05) is 19.1 Å². The van der Waals surface area contributed by atoms with Gasteiger partial charge in [0.2, 0.25) is 5.95 Å². The molecule has 2 N–H and O–H groups in total. The molecule has 0 saturated heterocycles. The summed E-state index contributed by atoms with van der Waals surface area (Å²) in [5, 5.41) is 21.1. The highest BCUT2D eigenvalue weighted by molar-refractivity contribution is 5.68. The van der Waals surface area contributed by atoms with Crippen LogP contribution in [0.2, 0.25) is 0 Å². The van der Waals surface area contributed by atoms with E-state index in [2.05, 4.69) is 20.3 Å². The minimum atomic E-state index is 0.0446. The maximum absolute atomic E-state index is 9.97. The smallest absolute Gasteiger partial charge is 0.240 e. The molecular weight excluding hydrogens is 306 g/mol. The molecule has 118 valence electrons. The third-order valence-electron chi connectivity index (χ3n) is 3.12. The molecular formula is C17H13N5O2. The van der Waals surface area contributed by atoms with Gasteiger partial charge in [-0.2, -0.15) is 15.2 Å². The van der Waals surface area contributed by atoms with Crippen molar-refractivity contribution in [3.63, 3.8) is 0 Å². The maximum atomic E-state index is 9.97. The topological polar surface area (TPSA) is 108 Å². The Balaban J connectivity index is 2.01. The van der Waals surface area contributed by atoms with Crippen LogP contribution in [-0.2, 0) is 0 Å². The Labute approximate surface area is 138 Å². The number of aryl methyl sites for hydroxylation is 1. The van der Waals surface area contributed by atoms with Crippen molar-refractivity contribution in [3.8, 4) is 23.3 Å². The predicted octanol–water partition coefficient (Wildman–Crippen LogP) is 3.21. The molecule has 0 saturated carbocycles. The van der Waals surface area contributed by atoms with Crippen LogP contribution in [0.3, 0.4) is 0 Å². The standard InChI is InChI=1S/C17H13N5O2/c1-11-6-7-12(24-11)8-9-15-20-16(22-17(21-15)19-10-18)13-4-2-3-5-14(13)23/h2-9,23H,1H3,(H,19,20,21,22)/b9-8+. The summed E-state index contributed by atoms with van der Waals surface area (Å²) in [7, 11) is 0. The van der Waals surface area contributed by atoms with E-state index in [0.717, 1.165) is 5.76 Å². The van der Waals surface area contributed by atoms with Gasteiger partial charge in [-0.05, 0) is 43.3 Å². The number of rotatable bonds is 4. The number of anilines is 1. The molecule has 0 aliphatic heterocycles. The van der Waals surface area contributed by atoms with E-state index < -0.39 is 0 Å². The summed E-state index contributed by atoms with van der Waals surface area (Å²) in [5.41, 5.74) is 0.449. The lowest BCUT2D eigenvalue weighted by atomic mass is 10.2. The molecule has 0 spiro atoms. The van der Waals surface area contributed by atoms with Crippen molar-refractivity contribution < 1.29 is 9.52 Å². The monoisotopic (exact) mass is 319 g/mol. The number of para-hydroxylation sites is 1. The lowest BCUT2D eigenvalue weighted by Gasteiger charge is -2.05. The zero-order valence-electron chi connectivity index (χ0n) is 12.8. The quantitative estimate of drug-likeness (QED) is 0.561. The molecule has 0 bridgehead atoms. The Bertz CT molecular complexity index is 940. The number of aromatic hydroxyl groups is 1. The van der Waals surface area contributed by atoms with Crippen LogP contribution in [0.25, 0.3) is 23.5 Å². The number of hydrogen-bond acceptors (Lipinski definition) is 7. The molecule has 0 fully saturated rings. The van der Waals surface area contributed by atoms with E-state index >= 15 is 0 Å². The summed E-state index contributed by atoms with van der Waals surface area (Å²) in [4.78, 5) is 12.6. The molecule has 7 nitrogen and oxygen atoms in total. The Hall–Kier alpha value is -3.66. The van der Waals surface area contributed by atoms with E-state index in [1.165, 1.54) is 6.07 Å². The number of benzene rings is 1. The second-order valence-electron chi connectivity index (χ2n) is 4.88. The minimum Gasteiger partial charge on any atom is -0.507 e. The largest absolute Gasteiger partial charge is 0.507 e. The number of hydrogen-bond donors (Lipinski definition) is 2. The second-order valence-corrected chi connectivity index (χ2v) is 4.88. The Morgan fingerprint density at radius 1 is 1.12 bits per heavy atom. The van der Waals surface area contributed by atoms with Gasteiger partial charge in [0.25, 0.3) is 0 Å². The van der Waals surface area contributed by atoms with Crippen LogP contribution in [0, 0.1) is 18.4 Å². The molecule has 2 aromatic heterocycles. The average molecular weight is 319 g/mol. The molecule has 3 aromatic rings. The van der Waals surface area contributed by atoms with Crippen molar-refractivity contribution in [2.75, 3.05) is 5.32 Å². The molecule has 3 rings (SSSR count). The molecule has 2 heterocycles. The SMILES string of the molecule is Cc1ccc(/C=C/c2nc(NC#N)nc(-c3ccccc3O)n2)o1. The third-order valence-corrected chi connectivity index (χ3v) is 3.12. The summed E-state index contributed by atoms with van der Waals surface area (Å²) in [5.74, 6) is 2.19. The summed E-state index contributed by atoms with van der Waals surface area (Å²) >= 11 is 0. The molecule has 0 amide bonds. The molecule has 0 unspecified atom stereocenters. The Morgan fingerprint density at radius 3 is 2.67 bits per heavy atom. The van der Waals surface area contributed by atoms with Crippen LogP contribution in [0.15, 0.2) is 40.8 Å². The van der Waals surface area contributed by atoms with Crippen LogP contribution in [0.5, 0.6) is 5.75 Å². The molecule has 1 aromatic carbocycles. The first-order valence-electron chi connectivity index (χ1n) is 7.10. The van der Waals surface area contributed by atoms with Crippen LogP contribution < -0.4 is 5.32 Å². The van der Waals surface area contributed by atoms with Gasteiger partial charge in [0, 0.05) is 0 Å². The van der Waals surface area contributed by atoms with E-state index in [0.29, 0.717) is 17.1 Å². The third kappa shape index (κ3) is 3.39. The van der Waals surface area contributed by atoms with Crippen LogP contribution in [0.1, 0.15) is 17.3 Å². The first-order chi connectivity index (χ1) is 11.7. The number of nitrogens with one attached hydrogen (secondary N) is 1. The Morgan fingerprint density at radius 2 is 1.96 bits per heavy atom. The van der Waals surface area contributed by atoms with E-state index in [-0.39, 0.29) is 17.5 Å². The zero-order valence-corrected chi connectivity index (χ0v) is 12.8. The van der Waals surface area contributed by atoms with Gasteiger partial charge in [0.1, 0.15) is 17.3 Å². The van der Waals surface area contributed by atoms with Gasteiger partial charge < -0.3 is 9.52 Å². The highest BCUT2D eigenvalue weighted by atomic mass is 16.3. The summed E-state index contributed by atoms with van der Waals surface area (Å²) < 4.78 is 5.45. The van der Waals surface area contributed by atoms with Crippen LogP contribution in [-0.4, -0.2) is 20.1 Å². The van der Waals surface area contributed by atoms with Crippen LogP contribution in [0.4, 0.5) is 5.95 Å². The van der Waals surface area contributed by atoms with Gasteiger partial charge >= 0.3 is 0 Å². The van der Waals surface area contributed by atoms with E-state index in [4.69, 9.17) is 9.68 Å². The first kappa shape index (κ1) is 15.2. The van der Waals surface area contributed by atoms with Gasteiger partial charge in [-0.1, -0.05) is 12.1 Å². The molecule has 24 heavy (non-hydrogen) atoms. The number of nitriles is 1. The number of phenolic OH excluding ortho intramolecular Hbond substituents is 1.